The summed E-state index contributed by atoms with van der Waals surface area (Å²) >= 11 is 0. The van der Waals surface area contributed by atoms with E-state index >= 15 is 0 Å². The Labute approximate surface area is 108 Å². The van der Waals surface area contributed by atoms with Crippen LogP contribution in [0, 0.1) is 5.92 Å². The minimum absolute atomic E-state index is 0.543. The summed E-state index contributed by atoms with van der Waals surface area (Å²) in [7, 11) is 0. The van der Waals surface area contributed by atoms with Crippen LogP contribution in [0.1, 0.15) is 53.4 Å². The smallest absolute Gasteiger partial charge is 0.408 e. The Balaban J connectivity index is 2.72. The van der Waals surface area contributed by atoms with E-state index in [-0.39, 0.29) is 0 Å². The molecule has 0 aliphatic heterocycles. The van der Waals surface area contributed by atoms with E-state index in [0.29, 0.717) is 12.8 Å². The molecule has 1 amide bonds. The Morgan fingerprint density at radius 2 is 1.94 bits per heavy atom. The van der Waals surface area contributed by atoms with Gasteiger partial charge in [-0.2, -0.15) is 0 Å². The highest BCUT2D eigenvalue weighted by Crippen LogP contribution is 2.34. The quantitative estimate of drug-likeness (QED) is 0.797. The van der Waals surface area contributed by atoms with Crippen molar-refractivity contribution in [1.82, 2.24) is 5.32 Å². The van der Waals surface area contributed by atoms with Crippen molar-refractivity contribution in [3.8, 4) is 0 Å². The first kappa shape index (κ1) is 14.8. The third-order valence-corrected chi connectivity index (χ3v) is 3.29. The second-order valence-corrected chi connectivity index (χ2v) is 6.18. The van der Waals surface area contributed by atoms with Crippen LogP contribution in [0.25, 0.3) is 0 Å². The molecule has 1 saturated carbocycles. The zero-order chi connectivity index (χ0) is 14.0. The maximum atomic E-state index is 11.8. The van der Waals surface area contributed by atoms with Crippen molar-refractivity contribution in [2.45, 2.75) is 64.5 Å². The van der Waals surface area contributed by atoms with Gasteiger partial charge in [-0.15, -0.1) is 0 Å². The summed E-state index contributed by atoms with van der Waals surface area (Å²) in [5, 5.41) is 12.0. The molecular formula is C13H23NO4. The minimum atomic E-state index is -0.853. The van der Waals surface area contributed by atoms with E-state index in [1.54, 1.807) is 27.7 Å². The highest BCUT2D eigenvalue weighted by atomic mass is 16.6. The summed E-state index contributed by atoms with van der Waals surface area (Å²) < 4.78 is 5.19. The molecule has 2 N–H and O–H groups in total. The van der Waals surface area contributed by atoms with Crippen LogP contribution in [0.2, 0.25) is 0 Å². The van der Waals surface area contributed by atoms with Crippen molar-refractivity contribution in [2.75, 3.05) is 0 Å². The molecule has 1 aliphatic carbocycles. The number of hydrogen-bond acceptors (Lipinski definition) is 3. The van der Waals surface area contributed by atoms with Gasteiger partial charge in [0.1, 0.15) is 5.60 Å². The van der Waals surface area contributed by atoms with Gasteiger partial charge in [0.05, 0.1) is 11.5 Å². The lowest BCUT2D eigenvalue weighted by Gasteiger charge is -2.39. The highest BCUT2D eigenvalue weighted by Gasteiger charge is 2.42. The topological polar surface area (TPSA) is 75.6 Å². The summed E-state index contributed by atoms with van der Waals surface area (Å²) in [4.78, 5) is 23.0. The molecule has 1 unspecified atom stereocenters. The van der Waals surface area contributed by atoms with Crippen molar-refractivity contribution < 1.29 is 19.4 Å². The first-order valence-corrected chi connectivity index (χ1v) is 6.38. The zero-order valence-corrected chi connectivity index (χ0v) is 11.6. The summed E-state index contributed by atoms with van der Waals surface area (Å²) in [6.45, 7) is 7.13. The summed E-state index contributed by atoms with van der Waals surface area (Å²) in [6.07, 6.45) is 2.54. The van der Waals surface area contributed by atoms with Gasteiger partial charge in [0.2, 0.25) is 0 Å². The predicted octanol–water partition coefficient (Wildman–Crippen LogP) is 2.54. The Kier molecular flexibility index (Phi) is 4.24. The van der Waals surface area contributed by atoms with Crippen molar-refractivity contribution in [3.63, 3.8) is 0 Å². The van der Waals surface area contributed by atoms with Gasteiger partial charge in [0, 0.05) is 0 Å². The number of aliphatic carboxylic acids is 1. The maximum absolute atomic E-state index is 11.8. The largest absolute Gasteiger partial charge is 0.481 e. The van der Waals surface area contributed by atoms with Gasteiger partial charge < -0.3 is 15.2 Å². The Morgan fingerprint density at radius 3 is 2.44 bits per heavy atom. The number of alkyl carbamates (subject to hydrolysis) is 1. The molecule has 0 aromatic rings. The SMILES string of the molecule is CC(C)(C)OC(=O)N[C@@]1(C)CCCCC1C(=O)O. The third kappa shape index (κ3) is 3.89. The van der Waals surface area contributed by atoms with Gasteiger partial charge in [-0.3, -0.25) is 4.79 Å². The summed E-state index contributed by atoms with van der Waals surface area (Å²) in [5.41, 5.74) is -1.29. The van der Waals surface area contributed by atoms with Gasteiger partial charge in [-0.05, 0) is 40.5 Å². The van der Waals surface area contributed by atoms with Crippen LogP contribution in [-0.2, 0) is 9.53 Å². The molecule has 1 aliphatic rings. The molecule has 0 saturated heterocycles. The normalized spacial score (nSPS) is 28.6. The van der Waals surface area contributed by atoms with E-state index in [4.69, 9.17) is 4.74 Å². The fourth-order valence-electron chi connectivity index (χ4n) is 2.42. The monoisotopic (exact) mass is 257 g/mol. The molecular weight excluding hydrogens is 234 g/mol. The van der Waals surface area contributed by atoms with Crippen LogP contribution < -0.4 is 5.32 Å². The number of nitrogens with one attached hydrogen (secondary N) is 1. The van der Waals surface area contributed by atoms with Gasteiger partial charge in [-0.25, -0.2) is 4.79 Å². The Morgan fingerprint density at radius 1 is 1.33 bits per heavy atom. The minimum Gasteiger partial charge on any atom is -0.481 e. The van der Waals surface area contributed by atoms with E-state index in [1.165, 1.54) is 0 Å². The van der Waals surface area contributed by atoms with Crippen molar-refractivity contribution in [2.24, 2.45) is 5.92 Å². The molecule has 2 atom stereocenters. The fourth-order valence-corrected chi connectivity index (χ4v) is 2.42. The van der Waals surface area contributed by atoms with E-state index in [2.05, 4.69) is 5.32 Å². The number of carbonyl (C=O) groups excluding carboxylic acids is 1. The molecule has 0 aromatic heterocycles. The number of carboxylic acid groups (broad SMARTS) is 1. The van der Waals surface area contributed by atoms with Crippen LogP contribution in [-0.4, -0.2) is 28.3 Å². The second kappa shape index (κ2) is 5.16. The molecule has 5 heteroatoms. The Hall–Kier alpha value is -1.26. The van der Waals surface area contributed by atoms with Crippen LogP contribution in [0.4, 0.5) is 4.79 Å². The number of ether oxygens (including phenoxy) is 1. The first-order chi connectivity index (χ1) is 8.14. The van der Waals surface area contributed by atoms with Crippen LogP contribution in [0.5, 0.6) is 0 Å². The molecule has 0 bridgehead atoms. The molecule has 0 spiro atoms. The van der Waals surface area contributed by atoms with Gasteiger partial charge >= 0.3 is 12.1 Å². The molecule has 0 radical (unpaired) electrons. The lowest BCUT2D eigenvalue weighted by Crippen LogP contribution is -2.56. The summed E-state index contributed by atoms with van der Waals surface area (Å²) in [6, 6.07) is 0. The zero-order valence-electron chi connectivity index (χ0n) is 11.6. The van der Waals surface area contributed by atoms with Crippen molar-refractivity contribution >= 4 is 12.1 Å². The van der Waals surface area contributed by atoms with E-state index < -0.39 is 29.1 Å². The first-order valence-electron chi connectivity index (χ1n) is 6.38. The van der Waals surface area contributed by atoms with Crippen LogP contribution in [0.15, 0.2) is 0 Å². The average Bonchev–Trinajstić information content (AvgIpc) is 2.13. The molecule has 1 fully saturated rings. The molecule has 0 heterocycles. The maximum Gasteiger partial charge on any atom is 0.408 e. The lowest BCUT2D eigenvalue weighted by atomic mass is 9.74. The van der Waals surface area contributed by atoms with Gasteiger partial charge in [0.25, 0.3) is 0 Å². The highest BCUT2D eigenvalue weighted by molar-refractivity contribution is 5.75. The molecule has 1 rings (SSSR count). The van der Waals surface area contributed by atoms with E-state index in [9.17, 15) is 14.7 Å². The predicted molar refractivity (Wildman–Crippen MR) is 67.4 cm³/mol. The Bertz CT molecular complexity index is 334. The third-order valence-electron chi connectivity index (χ3n) is 3.29. The van der Waals surface area contributed by atoms with Gasteiger partial charge in [-0.1, -0.05) is 12.8 Å². The number of amides is 1. The number of rotatable bonds is 2. The number of carboxylic acids is 1. The molecule has 104 valence electrons. The standard InChI is InChI=1S/C13H23NO4/c1-12(2,3)18-11(17)14-13(4)8-6-5-7-9(13)10(15)16/h9H,5-8H2,1-4H3,(H,14,17)(H,15,16)/t9?,13-/m0/s1. The number of carbonyl (C=O) groups is 2. The summed E-state index contributed by atoms with van der Waals surface area (Å²) in [5.74, 6) is -1.40. The van der Waals surface area contributed by atoms with Crippen LogP contribution >= 0.6 is 0 Å². The van der Waals surface area contributed by atoms with E-state index in [1.807, 2.05) is 0 Å². The second-order valence-electron chi connectivity index (χ2n) is 6.18. The molecule has 5 nitrogen and oxygen atoms in total. The molecule has 0 aromatic carbocycles. The van der Waals surface area contributed by atoms with E-state index in [0.717, 1.165) is 12.8 Å². The van der Waals surface area contributed by atoms with Crippen molar-refractivity contribution in [1.29, 1.82) is 0 Å². The van der Waals surface area contributed by atoms with Gasteiger partial charge in [0.15, 0.2) is 0 Å². The molecule has 18 heavy (non-hydrogen) atoms. The lowest BCUT2D eigenvalue weighted by molar-refractivity contribution is -0.145. The average molecular weight is 257 g/mol. The van der Waals surface area contributed by atoms with Crippen molar-refractivity contribution in [3.05, 3.63) is 0 Å². The van der Waals surface area contributed by atoms with Crippen LogP contribution in [0.3, 0.4) is 0 Å². The number of hydrogen-bond donors (Lipinski definition) is 2. The fraction of sp³-hybridized carbons (Fsp3) is 0.846.